The van der Waals surface area contributed by atoms with E-state index in [1.165, 1.54) is 12.1 Å². The predicted octanol–water partition coefficient (Wildman–Crippen LogP) is 0.929. The lowest BCUT2D eigenvalue weighted by Crippen LogP contribution is -2.51. The van der Waals surface area contributed by atoms with Crippen LogP contribution < -0.4 is 5.32 Å². The quantitative estimate of drug-likeness (QED) is 0.847. The summed E-state index contributed by atoms with van der Waals surface area (Å²) >= 11 is 0. The van der Waals surface area contributed by atoms with Crippen molar-refractivity contribution < 1.29 is 14.0 Å². The highest BCUT2D eigenvalue weighted by atomic mass is 19.1. The Hall–Kier alpha value is -2.74. The molecule has 0 aliphatic carbocycles. The van der Waals surface area contributed by atoms with Crippen LogP contribution in [0.15, 0.2) is 36.7 Å². The highest BCUT2D eigenvalue weighted by Crippen LogP contribution is 2.20. The molecule has 1 aromatic heterocycles. The molecule has 1 saturated heterocycles. The van der Waals surface area contributed by atoms with Gasteiger partial charge < -0.3 is 14.8 Å². The van der Waals surface area contributed by atoms with Gasteiger partial charge in [0.2, 0.25) is 11.8 Å². The summed E-state index contributed by atoms with van der Waals surface area (Å²) in [4.78, 5) is 32.2. The third-order valence-electron chi connectivity index (χ3n) is 4.81. The fraction of sp³-hybridized carbons (Fsp3) is 0.421. The van der Waals surface area contributed by atoms with E-state index < -0.39 is 6.04 Å². The monoisotopic (exact) mass is 373 g/mol. The van der Waals surface area contributed by atoms with Crippen molar-refractivity contribution in [3.8, 4) is 0 Å². The average molecular weight is 373 g/mol. The zero-order valence-electron chi connectivity index (χ0n) is 15.6. The summed E-state index contributed by atoms with van der Waals surface area (Å²) in [7, 11) is 1.85. The normalized spacial score (nSPS) is 16.2. The van der Waals surface area contributed by atoms with Gasteiger partial charge in [0, 0.05) is 52.5 Å². The van der Waals surface area contributed by atoms with E-state index in [1.54, 1.807) is 36.4 Å². The average Bonchev–Trinajstić information content (AvgIpc) is 3.07. The van der Waals surface area contributed by atoms with Crippen molar-refractivity contribution in [2.45, 2.75) is 13.0 Å². The summed E-state index contributed by atoms with van der Waals surface area (Å²) < 4.78 is 15.1. The molecule has 2 aromatic rings. The fourth-order valence-corrected chi connectivity index (χ4v) is 3.24. The Bertz CT molecular complexity index is 797. The van der Waals surface area contributed by atoms with E-state index in [4.69, 9.17) is 0 Å². The van der Waals surface area contributed by atoms with Crippen molar-refractivity contribution in [3.63, 3.8) is 0 Å². The van der Waals surface area contributed by atoms with Gasteiger partial charge in [-0.3, -0.25) is 14.5 Å². The lowest BCUT2D eigenvalue weighted by molar-refractivity contribution is -0.131. The molecule has 8 heteroatoms. The van der Waals surface area contributed by atoms with E-state index in [0.717, 1.165) is 5.56 Å². The number of halogens is 1. The summed E-state index contributed by atoms with van der Waals surface area (Å²) in [5.41, 5.74) is 0.764. The molecule has 27 heavy (non-hydrogen) atoms. The van der Waals surface area contributed by atoms with Crippen molar-refractivity contribution in [2.24, 2.45) is 7.05 Å². The Kier molecular flexibility index (Phi) is 5.85. The third kappa shape index (κ3) is 4.71. The standard InChI is InChI=1S/C19H24FN5O2/c1-14(26)25-11-9-24(10-12-25)13-17(27)22-18(19-21-7-8-23(19)2)15-3-5-16(20)6-4-15/h3-8,18H,9-13H2,1-2H3,(H,22,27)/t18-/m1/s1. The number of nitrogens with one attached hydrogen (secondary N) is 1. The smallest absolute Gasteiger partial charge is 0.235 e. The molecule has 7 nitrogen and oxygen atoms in total. The van der Waals surface area contributed by atoms with Gasteiger partial charge in [-0.25, -0.2) is 9.37 Å². The molecular weight excluding hydrogens is 349 g/mol. The molecule has 144 valence electrons. The molecule has 1 aromatic carbocycles. The van der Waals surface area contributed by atoms with Crippen LogP contribution in [0.2, 0.25) is 0 Å². The topological polar surface area (TPSA) is 70.5 Å². The number of benzene rings is 1. The first-order chi connectivity index (χ1) is 12.9. The number of aryl methyl sites for hydroxylation is 1. The molecule has 0 unspecified atom stereocenters. The number of hydrogen-bond donors (Lipinski definition) is 1. The molecule has 0 bridgehead atoms. The number of rotatable bonds is 5. The van der Waals surface area contributed by atoms with Crippen molar-refractivity contribution in [3.05, 3.63) is 53.9 Å². The van der Waals surface area contributed by atoms with E-state index in [-0.39, 0.29) is 24.2 Å². The summed E-state index contributed by atoms with van der Waals surface area (Å²) in [5, 5.41) is 3.01. The Morgan fingerprint density at radius 2 is 1.85 bits per heavy atom. The van der Waals surface area contributed by atoms with Gasteiger partial charge in [0.1, 0.15) is 17.7 Å². The predicted molar refractivity (Wildman–Crippen MR) is 98.3 cm³/mol. The fourth-order valence-electron chi connectivity index (χ4n) is 3.24. The van der Waals surface area contributed by atoms with Crippen LogP contribution in [-0.4, -0.2) is 63.9 Å². The molecule has 0 spiro atoms. The van der Waals surface area contributed by atoms with Crippen LogP contribution in [0.5, 0.6) is 0 Å². The van der Waals surface area contributed by atoms with E-state index in [2.05, 4.69) is 10.3 Å². The minimum absolute atomic E-state index is 0.0604. The van der Waals surface area contributed by atoms with Gasteiger partial charge in [-0.15, -0.1) is 0 Å². The first-order valence-corrected chi connectivity index (χ1v) is 8.94. The first-order valence-electron chi connectivity index (χ1n) is 8.94. The Labute approximate surface area is 157 Å². The van der Waals surface area contributed by atoms with Crippen LogP contribution in [0.1, 0.15) is 24.4 Å². The molecule has 1 fully saturated rings. The molecule has 1 atom stereocenters. The van der Waals surface area contributed by atoms with E-state index in [1.807, 2.05) is 16.5 Å². The number of hydrogen-bond acceptors (Lipinski definition) is 4. The SMILES string of the molecule is CC(=O)N1CCN(CC(=O)N[C@H](c2ccc(F)cc2)c2nccn2C)CC1. The highest BCUT2D eigenvalue weighted by molar-refractivity contribution is 5.79. The van der Waals surface area contributed by atoms with Gasteiger partial charge in [0.05, 0.1) is 6.54 Å². The molecule has 2 heterocycles. The van der Waals surface area contributed by atoms with Gasteiger partial charge in [0.15, 0.2) is 0 Å². The Morgan fingerprint density at radius 1 is 1.19 bits per heavy atom. The number of amides is 2. The van der Waals surface area contributed by atoms with Gasteiger partial charge in [-0.05, 0) is 17.7 Å². The summed E-state index contributed by atoms with van der Waals surface area (Å²) in [5.74, 6) is 0.275. The Morgan fingerprint density at radius 3 is 2.41 bits per heavy atom. The number of imidazole rings is 1. The first kappa shape index (κ1) is 19.0. The zero-order chi connectivity index (χ0) is 19.4. The molecule has 0 saturated carbocycles. The van der Waals surface area contributed by atoms with Crippen LogP contribution in [-0.2, 0) is 16.6 Å². The highest BCUT2D eigenvalue weighted by Gasteiger charge is 2.24. The third-order valence-corrected chi connectivity index (χ3v) is 4.81. The lowest BCUT2D eigenvalue weighted by Gasteiger charge is -2.34. The Balaban J connectivity index is 1.67. The van der Waals surface area contributed by atoms with E-state index in [9.17, 15) is 14.0 Å². The maximum atomic E-state index is 13.3. The van der Waals surface area contributed by atoms with Gasteiger partial charge in [0.25, 0.3) is 0 Å². The van der Waals surface area contributed by atoms with Crippen LogP contribution in [0, 0.1) is 5.82 Å². The van der Waals surface area contributed by atoms with Crippen molar-refractivity contribution in [2.75, 3.05) is 32.7 Å². The number of aromatic nitrogens is 2. The molecular formula is C19H24FN5O2. The second-order valence-corrected chi connectivity index (χ2v) is 6.73. The van der Waals surface area contributed by atoms with Crippen LogP contribution in [0.4, 0.5) is 4.39 Å². The maximum Gasteiger partial charge on any atom is 0.235 e. The minimum atomic E-state index is -0.461. The number of piperazine rings is 1. The minimum Gasteiger partial charge on any atom is -0.341 e. The second-order valence-electron chi connectivity index (χ2n) is 6.73. The maximum absolute atomic E-state index is 13.3. The molecule has 1 N–H and O–H groups in total. The van der Waals surface area contributed by atoms with Crippen molar-refractivity contribution >= 4 is 11.8 Å². The van der Waals surface area contributed by atoms with Gasteiger partial charge in [-0.2, -0.15) is 0 Å². The summed E-state index contributed by atoms with van der Waals surface area (Å²) in [6.07, 6.45) is 3.47. The van der Waals surface area contributed by atoms with Gasteiger partial charge in [-0.1, -0.05) is 12.1 Å². The lowest BCUT2D eigenvalue weighted by atomic mass is 10.1. The number of nitrogens with zero attached hydrogens (tertiary/aromatic N) is 4. The second kappa shape index (κ2) is 8.30. The van der Waals surface area contributed by atoms with E-state index in [0.29, 0.717) is 32.0 Å². The summed E-state index contributed by atoms with van der Waals surface area (Å²) in [6, 6.07) is 5.59. The van der Waals surface area contributed by atoms with E-state index >= 15 is 0 Å². The van der Waals surface area contributed by atoms with Crippen LogP contribution in [0.25, 0.3) is 0 Å². The molecule has 0 radical (unpaired) electrons. The largest absolute Gasteiger partial charge is 0.341 e. The number of carbonyl (C=O) groups excluding carboxylic acids is 2. The molecule has 1 aliphatic rings. The zero-order valence-corrected chi connectivity index (χ0v) is 15.6. The van der Waals surface area contributed by atoms with Crippen molar-refractivity contribution in [1.29, 1.82) is 0 Å². The molecule has 2 amide bonds. The van der Waals surface area contributed by atoms with Crippen LogP contribution in [0.3, 0.4) is 0 Å². The summed E-state index contributed by atoms with van der Waals surface area (Å²) in [6.45, 7) is 4.39. The van der Waals surface area contributed by atoms with Crippen molar-refractivity contribution in [1.82, 2.24) is 24.7 Å². The molecule has 1 aliphatic heterocycles. The molecule has 3 rings (SSSR count). The number of carbonyl (C=O) groups is 2. The van der Waals surface area contributed by atoms with Crippen LogP contribution >= 0.6 is 0 Å². The van der Waals surface area contributed by atoms with Gasteiger partial charge >= 0.3 is 0 Å².